The molecule has 4 nitrogen and oxygen atoms in total. The highest BCUT2D eigenvalue weighted by molar-refractivity contribution is 9.10. The van der Waals surface area contributed by atoms with Gasteiger partial charge in [0.05, 0.1) is 11.4 Å². The lowest BCUT2D eigenvalue weighted by molar-refractivity contribution is 0.0742. The van der Waals surface area contributed by atoms with Gasteiger partial charge in [0.25, 0.3) is 0 Å². The first-order chi connectivity index (χ1) is 6.15. The van der Waals surface area contributed by atoms with E-state index in [-0.39, 0.29) is 23.9 Å². The average molecular weight is 241 g/mol. The largest absolute Gasteiger partial charge is 0.464 e. The summed E-state index contributed by atoms with van der Waals surface area (Å²) in [5.41, 5.74) is 0.243. The number of hydrogen-bond donors (Lipinski definition) is 0. The Labute approximate surface area is 85.4 Å². The van der Waals surface area contributed by atoms with Crippen molar-refractivity contribution in [2.24, 2.45) is 0 Å². The first kappa shape index (κ1) is 10.4. The van der Waals surface area contributed by atoms with Crippen LogP contribution in [0.25, 0.3) is 0 Å². The highest BCUT2D eigenvalue weighted by Crippen LogP contribution is 2.21. The van der Waals surface area contributed by atoms with Gasteiger partial charge >= 0.3 is 0 Å². The molecule has 0 spiro atoms. The van der Waals surface area contributed by atoms with Crippen LogP contribution in [0.5, 0.6) is 5.75 Å². The number of hydrogen-bond acceptors (Lipinski definition) is 4. The summed E-state index contributed by atoms with van der Waals surface area (Å²) in [5, 5.41) is 0. The number of rotatable bonds is 3. The smallest absolute Gasteiger partial charge is 0.197 e. The molecular weight excluding hydrogens is 236 g/mol. The number of aromatic nitrogens is 2. The summed E-state index contributed by atoms with van der Waals surface area (Å²) in [6.45, 7) is 10.8. The molecule has 0 amide bonds. The lowest BCUT2D eigenvalue weighted by Crippen LogP contribution is -2.04. The van der Waals surface area contributed by atoms with Crippen LogP contribution in [0.3, 0.4) is 0 Å². The SMILES string of the molecule is [CH]OCOc1c([CH])nc(Br)nc1[CH]. The van der Waals surface area contributed by atoms with E-state index >= 15 is 0 Å². The van der Waals surface area contributed by atoms with E-state index in [2.05, 4.69) is 30.6 Å². The third-order valence-electron chi connectivity index (χ3n) is 1.16. The average Bonchev–Trinajstić information content (AvgIpc) is 2.02. The van der Waals surface area contributed by atoms with Gasteiger partial charge < -0.3 is 9.47 Å². The quantitative estimate of drug-likeness (QED) is 0.592. The molecule has 1 aromatic heterocycles. The molecule has 0 aliphatic rings. The van der Waals surface area contributed by atoms with E-state index < -0.39 is 0 Å². The van der Waals surface area contributed by atoms with Crippen molar-refractivity contribution < 1.29 is 9.47 Å². The van der Waals surface area contributed by atoms with Gasteiger partial charge in [-0.05, 0) is 15.9 Å². The molecule has 0 bridgehead atoms. The zero-order valence-electron chi connectivity index (χ0n) is 6.53. The van der Waals surface area contributed by atoms with E-state index in [1.165, 1.54) is 0 Å². The van der Waals surface area contributed by atoms with Gasteiger partial charge in [-0.25, -0.2) is 9.97 Å². The Balaban J connectivity index is 2.92. The van der Waals surface area contributed by atoms with E-state index in [9.17, 15) is 0 Å². The van der Waals surface area contributed by atoms with Crippen molar-refractivity contribution >= 4 is 15.9 Å². The van der Waals surface area contributed by atoms with Crippen LogP contribution in [0.4, 0.5) is 0 Å². The Morgan fingerprint density at radius 1 is 1.23 bits per heavy atom. The molecule has 0 unspecified atom stereocenters. The second kappa shape index (κ2) is 4.53. The van der Waals surface area contributed by atoms with Crippen molar-refractivity contribution in [2.45, 2.75) is 0 Å². The van der Waals surface area contributed by atoms with Gasteiger partial charge in [0, 0.05) is 13.8 Å². The molecule has 0 atom stereocenters. The van der Waals surface area contributed by atoms with E-state index in [4.69, 9.17) is 25.7 Å². The van der Waals surface area contributed by atoms with Crippen molar-refractivity contribution in [3.63, 3.8) is 0 Å². The van der Waals surface area contributed by atoms with Crippen molar-refractivity contribution in [3.05, 3.63) is 37.1 Å². The van der Waals surface area contributed by atoms with Crippen LogP contribution in [-0.4, -0.2) is 16.8 Å². The Bertz CT molecular complexity index is 281. The minimum atomic E-state index is -0.167. The normalized spacial score (nSPS) is 10.2. The molecule has 1 heterocycles. The first-order valence-electron chi connectivity index (χ1n) is 3.18. The van der Waals surface area contributed by atoms with Crippen molar-refractivity contribution in [2.75, 3.05) is 6.79 Å². The Hall–Kier alpha value is -0.680. The summed E-state index contributed by atoms with van der Waals surface area (Å²) in [7, 11) is 4.75. The summed E-state index contributed by atoms with van der Waals surface area (Å²) in [4.78, 5) is 7.54. The molecule has 0 aliphatic heterocycles. The van der Waals surface area contributed by atoms with Crippen molar-refractivity contribution in [3.8, 4) is 5.75 Å². The fourth-order valence-electron chi connectivity index (χ4n) is 0.697. The lowest BCUT2D eigenvalue weighted by Gasteiger charge is -2.08. The van der Waals surface area contributed by atoms with Crippen LogP contribution in [0.15, 0.2) is 4.73 Å². The Morgan fingerprint density at radius 2 is 1.77 bits per heavy atom. The van der Waals surface area contributed by atoms with E-state index in [0.29, 0.717) is 4.73 Å². The molecule has 0 fully saturated rings. The zero-order valence-corrected chi connectivity index (χ0v) is 8.11. The third kappa shape index (κ3) is 2.63. The molecule has 0 aliphatic carbocycles. The van der Waals surface area contributed by atoms with Gasteiger partial charge in [0.2, 0.25) is 0 Å². The minimum Gasteiger partial charge on any atom is -0.464 e. The van der Waals surface area contributed by atoms with E-state index in [1.54, 1.807) is 0 Å². The lowest BCUT2D eigenvalue weighted by atomic mass is 10.3. The van der Waals surface area contributed by atoms with Gasteiger partial charge in [0.15, 0.2) is 17.3 Å². The highest BCUT2D eigenvalue weighted by atomic mass is 79.9. The van der Waals surface area contributed by atoms with Crippen LogP contribution in [-0.2, 0) is 4.74 Å². The summed E-state index contributed by atoms with van der Waals surface area (Å²) in [6, 6.07) is 0. The fraction of sp³-hybridized carbons (Fsp3) is 0.125. The highest BCUT2D eigenvalue weighted by Gasteiger charge is 2.08. The van der Waals surface area contributed by atoms with E-state index in [1.807, 2.05) is 0 Å². The van der Waals surface area contributed by atoms with Crippen LogP contribution in [0.1, 0.15) is 11.4 Å². The number of nitrogens with zero attached hydrogens (tertiary/aromatic N) is 2. The Kier molecular flexibility index (Phi) is 3.62. The predicted molar refractivity (Wildman–Crippen MR) is 47.4 cm³/mol. The summed E-state index contributed by atoms with van der Waals surface area (Å²) >= 11 is 3.02. The minimum absolute atomic E-state index is 0.122. The zero-order chi connectivity index (χ0) is 9.84. The number of ether oxygens (including phenoxy) is 2. The van der Waals surface area contributed by atoms with Crippen LogP contribution >= 0.6 is 15.9 Å². The molecule has 1 aromatic rings. The van der Waals surface area contributed by atoms with Crippen LogP contribution in [0, 0.1) is 21.0 Å². The van der Waals surface area contributed by atoms with Crippen LogP contribution < -0.4 is 4.74 Å². The molecule has 0 N–H and O–H groups in total. The second-order valence-corrected chi connectivity index (χ2v) is 2.73. The maximum absolute atomic E-state index is 5.48. The molecule has 0 saturated carbocycles. The van der Waals surface area contributed by atoms with Gasteiger partial charge in [-0.3, -0.25) is 0 Å². The van der Waals surface area contributed by atoms with Gasteiger partial charge in [-0.15, -0.1) is 0 Å². The molecule has 0 aromatic carbocycles. The monoisotopic (exact) mass is 240 g/mol. The molecule has 6 radical (unpaired) electrons. The van der Waals surface area contributed by atoms with Crippen molar-refractivity contribution in [1.82, 2.24) is 9.97 Å². The second-order valence-electron chi connectivity index (χ2n) is 2.02. The number of halogens is 1. The summed E-state index contributed by atoms with van der Waals surface area (Å²) in [5.74, 6) is 0.161. The molecule has 13 heavy (non-hydrogen) atoms. The van der Waals surface area contributed by atoms with Crippen LogP contribution in [0.2, 0.25) is 0 Å². The van der Waals surface area contributed by atoms with Gasteiger partial charge in [0.1, 0.15) is 7.11 Å². The standard InChI is InChI=1S/C8H5BrN2O2/c1-5-7(13-4-12-3)6(2)11-8(9)10-5/h1-3H,4H2. The predicted octanol–water partition coefficient (Wildman–Crippen LogP) is 1.38. The summed E-state index contributed by atoms with van der Waals surface area (Å²) in [6.07, 6.45) is 0. The maximum atomic E-state index is 5.48. The van der Waals surface area contributed by atoms with Crippen molar-refractivity contribution in [1.29, 1.82) is 0 Å². The molecule has 0 saturated heterocycles. The first-order valence-corrected chi connectivity index (χ1v) is 3.97. The molecule has 5 heteroatoms. The van der Waals surface area contributed by atoms with E-state index in [0.717, 1.165) is 0 Å². The summed E-state index contributed by atoms with van der Waals surface area (Å²) < 4.78 is 9.41. The maximum Gasteiger partial charge on any atom is 0.197 e. The van der Waals surface area contributed by atoms with Gasteiger partial charge in [-0.2, -0.15) is 0 Å². The van der Waals surface area contributed by atoms with Gasteiger partial charge in [-0.1, -0.05) is 0 Å². The molecule has 1 rings (SSSR count). The fourth-order valence-corrected chi connectivity index (χ4v) is 1.08. The molecular formula is C8H5BrN2O2. The third-order valence-corrected chi connectivity index (χ3v) is 1.52. The Morgan fingerprint density at radius 3 is 2.23 bits per heavy atom. The topological polar surface area (TPSA) is 44.2 Å². The molecule has 66 valence electrons.